The molecule has 0 nitrogen and oxygen atoms in total. The van der Waals surface area contributed by atoms with E-state index in [1.165, 1.54) is 167 Å². The maximum Gasteiger partial charge on any atom is 0.248 e. The molecule has 0 unspecified atom stereocenters. The topological polar surface area (TPSA) is 0 Å². The van der Waals surface area contributed by atoms with Crippen LogP contribution in [0, 0.1) is 0 Å². The van der Waals surface area contributed by atoms with E-state index in [0.717, 1.165) is 11.8 Å². The highest BCUT2D eigenvalue weighted by Gasteiger charge is 2.19. The summed E-state index contributed by atoms with van der Waals surface area (Å²) in [5, 5.41) is 0. The quantitative estimate of drug-likeness (QED) is 0.0434. The van der Waals surface area contributed by atoms with E-state index < -0.39 is 6.69 Å². The Bertz CT molecular complexity index is 360. The Morgan fingerprint density at radius 2 is 0.545 bits per heavy atom. The van der Waals surface area contributed by atoms with Crippen molar-refractivity contribution < 1.29 is 0 Å². The van der Waals surface area contributed by atoms with Gasteiger partial charge in [0, 0.05) is 0 Å². The lowest BCUT2D eigenvalue weighted by Crippen LogP contribution is -2.11. The van der Waals surface area contributed by atoms with Crippen LogP contribution in [0.5, 0.6) is 0 Å². The van der Waals surface area contributed by atoms with Crippen LogP contribution in [0.1, 0.15) is 167 Å². The Hall–Kier alpha value is 1.15. The van der Waals surface area contributed by atoms with Crippen molar-refractivity contribution in [1.82, 2.24) is 0 Å². The van der Waals surface area contributed by atoms with Gasteiger partial charge < -0.3 is 0 Å². The fraction of sp³-hybridized carbons (Fsp3) is 1.00. The molecule has 0 aromatic carbocycles. The lowest BCUT2D eigenvalue weighted by molar-refractivity contribution is 0.516. The average molecular weight is 540 g/mol. The van der Waals surface area contributed by atoms with Crippen LogP contribution in [0.2, 0.25) is 12.6 Å². The smallest absolute Gasteiger partial charge is 0.179 e. The first-order valence-electron chi connectivity index (χ1n) is 15.0. The molecule has 0 saturated carbocycles. The monoisotopic (exact) mass is 538 g/mol. The van der Waals surface area contributed by atoms with Gasteiger partial charge in [-0.2, -0.15) is 12.6 Å². The zero-order valence-electron chi connectivity index (χ0n) is 22.5. The Labute approximate surface area is 226 Å². The predicted molar refractivity (Wildman–Crippen MR) is 162 cm³/mol. The maximum atomic E-state index is 6.15. The molecular formula is C29H60Cl2SSi. The first kappa shape index (κ1) is 34.1. The van der Waals surface area contributed by atoms with Crippen molar-refractivity contribution >= 4 is 41.5 Å². The van der Waals surface area contributed by atoms with E-state index in [2.05, 4.69) is 12.6 Å². The van der Waals surface area contributed by atoms with Crippen LogP contribution in [0.4, 0.5) is 0 Å². The molecule has 0 aromatic rings. The molecule has 0 radical (unpaired) electrons. The van der Waals surface area contributed by atoms with Gasteiger partial charge in [0.25, 0.3) is 0 Å². The molecule has 200 valence electrons. The number of thiol groups is 1. The minimum Gasteiger partial charge on any atom is -0.179 e. The van der Waals surface area contributed by atoms with Crippen LogP contribution in [0.25, 0.3) is 0 Å². The first-order chi connectivity index (χ1) is 16.1. The van der Waals surface area contributed by atoms with Gasteiger partial charge in [-0.3, -0.25) is 0 Å². The van der Waals surface area contributed by atoms with Gasteiger partial charge in [0.15, 0.2) is 0 Å². The van der Waals surface area contributed by atoms with Gasteiger partial charge >= 0.3 is 0 Å². The van der Waals surface area contributed by atoms with Gasteiger partial charge in [-0.15, -0.1) is 22.2 Å². The number of hydrogen-bond donors (Lipinski definition) is 1. The van der Waals surface area contributed by atoms with Crippen LogP contribution >= 0.6 is 34.8 Å². The van der Waals surface area contributed by atoms with Crippen molar-refractivity contribution in [3.8, 4) is 0 Å². The van der Waals surface area contributed by atoms with E-state index in [4.69, 9.17) is 22.2 Å². The molecule has 0 atom stereocenters. The average Bonchev–Trinajstić information content (AvgIpc) is 2.78. The third-order valence-corrected chi connectivity index (χ3v) is 9.71. The van der Waals surface area contributed by atoms with Crippen molar-refractivity contribution in [3.63, 3.8) is 0 Å². The second kappa shape index (κ2) is 27.7. The van der Waals surface area contributed by atoms with Gasteiger partial charge in [-0.05, 0) is 24.8 Å². The van der Waals surface area contributed by atoms with Crippen LogP contribution in [0.3, 0.4) is 0 Å². The van der Waals surface area contributed by atoms with Gasteiger partial charge in [0.05, 0.1) is 0 Å². The first-order valence-corrected chi connectivity index (χ1v) is 20.4. The Balaban J connectivity index is 3.03. The van der Waals surface area contributed by atoms with E-state index in [1.54, 1.807) is 0 Å². The molecule has 0 bridgehead atoms. The molecule has 0 spiro atoms. The van der Waals surface area contributed by atoms with Crippen LogP contribution in [-0.2, 0) is 0 Å². The molecule has 0 aromatic heterocycles. The molecule has 0 rings (SSSR count). The largest absolute Gasteiger partial charge is 0.248 e. The normalized spacial score (nSPS) is 12.0. The third-order valence-electron chi connectivity index (χ3n) is 7.02. The van der Waals surface area contributed by atoms with Crippen LogP contribution < -0.4 is 0 Å². The van der Waals surface area contributed by atoms with Crippen LogP contribution in [-0.4, -0.2) is 12.4 Å². The fourth-order valence-corrected chi connectivity index (χ4v) is 6.69. The number of unbranched alkanes of at least 4 members (excludes halogenated alkanes) is 25. The second-order valence-electron chi connectivity index (χ2n) is 10.7. The Morgan fingerprint density at radius 3 is 0.727 bits per heavy atom. The minimum absolute atomic E-state index is 1.06. The lowest BCUT2D eigenvalue weighted by Gasteiger charge is -2.09. The molecule has 0 N–H and O–H groups in total. The number of hydrogen-bond acceptors (Lipinski definition) is 1. The molecule has 0 aliphatic carbocycles. The van der Waals surface area contributed by atoms with Crippen molar-refractivity contribution in [2.24, 2.45) is 0 Å². The molecule has 4 heteroatoms. The summed E-state index contributed by atoms with van der Waals surface area (Å²) in [6.45, 7) is 0.202. The Morgan fingerprint density at radius 1 is 0.364 bits per heavy atom. The fourth-order valence-electron chi connectivity index (χ4n) is 4.79. The highest BCUT2D eigenvalue weighted by Crippen LogP contribution is 2.23. The minimum atomic E-state index is -1.84. The van der Waals surface area contributed by atoms with Crippen molar-refractivity contribution in [2.45, 2.75) is 180 Å². The molecule has 0 heterocycles. The summed E-state index contributed by atoms with van der Waals surface area (Å²) in [6.07, 6.45) is 37.2. The summed E-state index contributed by atoms with van der Waals surface area (Å²) in [6, 6.07) is 1.06. The maximum absolute atomic E-state index is 6.15. The lowest BCUT2D eigenvalue weighted by atomic mass is 10.0. The van der Waals surface area contributed by atoms with Gasteiger partial charge in [-0.1, -0.05) is 161 Å². The Kier molecular flexibility index (Phi) is 28.7. The zero-order chi connectivity index (χ0) is 24.3. The summed E-state index contributed by atoms with van der Waals surface area (Å²) >= 11 is 16.6. The van der Waals surface area contributed by atoms with Gasteiger partial charge in [0.2, 0.25) is 6.69 Å². The third kappa shape index (κ3) is 33.1. The van der Waals surface area contributed by atoms with E-state index in [0.29, 0.717) is 0 Å². The highest BCUT2D eigenvalue weighted by molar-refractivity contribution is 7.80. The highest BCUT2D eigenvalue weighted by atomic mass is 35.7. The zero-order valence-corrected chi connectivity index (χ0v) is 25.9. The molecule has 0 saturated heterocycles. The van der Waals surface area contributed by atoms with Crippen molar-refractivity contribution in [3.05, 3.63) is 0 Å². The van der Waals surface area contributed by atoms with E-state index in [-0.39, 0.29) is 0 Å². The molecular weight excluding hydrogens is 479 g/mol. The van der Waals surface area contributed by atoms with Gasteiger partial charge in [-0.25, -0.2) is 0 Å². The molecule has 0 aliphatic heterocycles. The summed E-state index contributed by atoms with van der Waals surface area (Å²) in [7, 11) is 0. The van der Waals surface area contributed by atoms with Gasteiger partial charge in [0.1, 0.15) is 0 Å². The van der Waals surface area contributed by atoms with E-state index in [1.807, 2.05) is 6.55 Å². The number of rotatable bonds is 28. The summed E-state index contributed by atoms with van der Waals surface area (Å²) < 4.78 is 0. The summed E-state index contributed by atoms with van der Waals surface area (Å²) in [4.78, 5) is 0. The molecule has 0 amide bonds. The summed E-state index contributed by atoms with van der Waals surface area (Å²) in [5.74, 6) is 1.06. The SMILES string of the molecule is C[Si](Cl)(Cl)CCCCCCCCCCCCCCCCCCCCCCCCCCCCS. The van der Waals surface area contributed by atoms with Crippen LogP contribution in [0.15, 0.2) is 0 Å². The second-order valence-corrected chi connectivity index (χ2v) is 19.4. The summed E-state index contributed by atoms with van der Waals surface area (Å²) in [5.41, 5.74) is 0. The number of halogens is 2. The van der Waals surface area contributed by atoms with E-state index >= 15 is 0 Å². The predicted octanol–water partition coefficient (Wildman–Crippen LogP) is 12.6. The van der Waals surface area contributed by atoms with Crippen molar-refractivity contribution in [1.29, 1.82) is 0 Å². The molecule has 0 fully saturated rings. The van der Waals surface area contributed by atoms with E-state index in [9.17, 15) is 0 Å². The molecule has 0 aliphatic rings. The standard InChI is InChI=1S/C29H60Cl2SSi/c1-33(30,31)29-27-25-23-21-19-17-15-13-11-9-7-5-3-2-4-6-8-10-12-14-16-18-20-22-24-26-28-32/h32H,2-29H2,1H3. The van der Waals surface area contributed by atoms with Crippen molar-refractivity contribution in [2.75, 3.05) is 5.75 Å². The molecule has 33 heavy (non-hydrogen) atoms.